The van der Waals surface area contributed by atoms with Crippen LogP contribution in [-0.2, 0) is 14.3 Å². The number of aryl methyl sites for hydroxylation is 1. The van der Waals surface area contributed by atoms with Gasteiger partial charge in [-0.15, -0.1) is 11.8 Å². The Bertz CT molecular complexity index is 855. The van der Waals surface area contributed by atoms with Crippen LogP contribution in [0, 0.1) is 12.7 Å². The highest BCUT2D eigenvalue weighted by Gasteiger charge is 2.13. The molecule has 0 atom stereocenters. The molecule has 2 aromatic carbocycles. The lowest BCUT2D eigenvalue weighted by molar-refractivity contribution is -0.114. The van der Waals surface area contributed by atoms with E-state index in [0.29, 0.717) is 5.69 Å². The summed E-state index contributed by atoms with van der Waals surface area (Å²) < 4.78 is 18.2. The average Bonchev–Trinajstić information content (AvgIpc) is 2.72. The van der Waals surface area contributed by atoms with Crippen molar-refractivity contribution in [1.82, 2.24) is 0 Å². The Morgan fingerprint density at radius 1 is 1.03 bits per heavy atom. The molecule has 0 aliphatic carbocycles. The molecule has 3 rings (SSSR count). The fraction of sp³-hybridized carbons (Fsp3) is 0.333. The molecule has 1 fully saturated rings. The van der Waals surface area contributed by atoms with Crippen molar-refractivity contribution in [2.75, 3.05) is 53.3 Å². The lowest BCUT2D eigenvalue weighted by atomic mass is 10.1. The zero-order chi connectivity index (χ0) is 20.6. The van der Waals surface area contributed by atoms with Gasteiger partial charge in [0.1, 0.15) is 5.82 Å². The van der Waals surface area contributed by atoms with Crippen LogP contribution in [0.1, 0.15) is 5.56 Å². The van der Waals surface area contributed by atoms with Crippen LogP contribution in [0.4, 0.5) is 21.5 Å². The van der Waals surface area contributed by atoms with Gasteiger partial charge in [0.25, 0.3) is 0 Å². The van der Waals surface area contributed by atoms with Crippen molar-refractivity contribution in [3.63, 3.8) is 0 Å². The van der Waals surface area contributed by atoms with Crippen molar-refractivity contribution in [2.45, 2.75) is 6.92 Å². The summed E-state index contributed by atoms with van der Waals surface area (Å²) in [5, 5.41) is 5.56. The third kappa shape index (κ3) is 6.47. The largest absolute Gasteiger partial charge is 0.378 e. The molecule has 154 valence electrons. The second-order valence-electron chi connectivity index (χ2n) is 6.69. The molecule has 1 aliphatic heterocycles. The smallest absolute Gasteiger partial charge is 0.234 e. The molecule has 1 heterocycles. The Labute approximate surface area is 173 Å². The van der Waals surface area contributed by atoms with Crippen molar-refractivity contribution in [2.24, 2.45) is 0 Å². The number of hydrogen-bond donors (Lipinski definition) is 2. The van der Waals surface area contributed by atoms with E-state index in [4.69, 9.17) is 4.74 Å². The predicted octanol–water partition coefficient (Wildman–Crippen LogP) is 3.28. The Balaban J connectivity index is 1.43. The topological polar surface area (TPSA) is 70.7 Å². The number of thioether (sulfide) groups is 1. The molecule has 1 aliphatic rings. The summed E-state index contributed by atoms with van der Waals surface area (Å²) in [6.45, 7) is 5.14. The first-order chi connectivity index (χ1) is 14.0. The van der Waals surface area contributed by atoms with Crippen molar-refractivity contribution in [3.8, 4) is 0 Å². The number of anilines is 3. The first kappa shape index (κ1) is 21.1. The van der Waals surface area contributed by atoms with E-state index in [1.807, 2.05) is 19.1 Å². The number of rotatable bonds is 7. The molecule has 2 amide bonds. The normalized spacial score (nSPS) is 13.8. The number of hydrogen-bond acceptors (Lipinski definition) is 5. The second-order valence-corrected chi connectivity index (χ2v) is 7.68. The molecule has 0 unspecified atom stereocenters. The lowest BCUT2D eigenvalue weighted by Gasteiger charge is -2.29. The van der Waals surface area contributed by atoms with E-state index in [9.17, 15) is 14.0 Å². The predicted molar refractivity (Wildman–Crippen MR) is 115 cm³/mol. The van der Waals surface area contributed by atoms with Gasteiger partial charge in [-0.1, -0.05) is 0 Å². The summed E-state index contributed by atoms with van der Waals surface area (Å²) >= 11 is 1.22. The highest BCUT2D eigenvalue weighted by molar-refractivity contribution is 8.00. The van der Waals surface area contributed by atoms with Gasteiger partial charge in [0.15, 0.2) is 0 Å². The van der Waals surface area contributed by atoms with E-state index in [2.05, 4.69) is 21.6 Å². The number of carbonyl (C=O) groups excluding carboxylic acids is 2. The maximum absolute atomic E-state index is 12.9. The summed E-state index contributed by atoms with van der Waals surface area (Å²) in [5.74, 6) is -0.448. The van der Waals surface area contributed by atoms with Gasteiger partial charge < -0.3 is 20.3 Å². The summed E-state index contributed by atoms with van der Waals surface area (Å²) in [5.41, 5.74) is 3.40. The highest BCUT2D eigenvalue weighted by atomic mass is 32.2. The van der Waals surface area contributed by atoms with Crippen LogP contribution >= 0.6 is 11.8 Å². The van der Waals surface area contributed by atoms with Gasteiger partial charge in [-0.2, -0.15) is 0 Å². The molecular weight excluding hydrogens is 393 g/mol. The van der Waals surface area contributed by atoms with Gasteiger partial charge in [-0.25, -0.2) is 4.39 Å². The van der Waals surface area contributed by atoms with Gasteiger partial charge in [0.2, 0.25) is 11.8 Å². The first-order valence-electron chi connectivity index (χ1n) is 9.37. The highest BCUT2D eigenvalue weighted by Crippen LogP contribution is 2.23. The van der Waals surface area contributed by atoms with Gasteiger partial charge in [-0.3, -0.25) is 9.59 Å². The van der Waals surface area contributed by atoms with E-state index in [-0.39, 0.29) is 29.1 Å². The molecule has 1 saturated heterocycles. The van der Waals surface area contributed by atoms with E-state index < -0.39 is 0 Å². The van der Waals surface area contributed by atoms with E-state index in [0.717, 1.165) is 43.2 Å². The molecule has 8 heteroatoms. The number of halogens is 1. The Kier molecular flexibility index (Phi) is 7.48. The fourth-order valence-electron chi connectivity index (χ4n) is 2.96. The number of morpholine rings is 1. The minimum absolute atomic E-state index is 0.139. The molecule has 2 aromatic rings. The summed E-state index contributed by atoms with van der Waals surface area (Å²) in [4.78, 5) is 26.4. The number of carbonyl (C=O) groups is 2. The number of nitrogens with zero attached hydrogens (tertiary/aromatic N) is 1. The van der Waals surface area contributed by atoms with Crippen LogP contribution in [0.25, 0.3) is 0 Å². The maximum atomic E-state index is 12.9. The van der Waals surface area contributed by atoms with E-state index in [1.165, 1.54) is 36.0 Å². The van der Waals surface area contributed by atoms with Gasteiger partial charge in [0, 0.05) is 30.2 Å². The molecule has 0 saturated carbocycles. The molecule has 29 heavy (non-hydrogen) atoms. The van der Waals surface area contributed by atoms with Crippen LogP contribution in [0.15, 0.2) is 42.5 Å². The van der Waals surface area contributed by atoms with Crippen LogP contribution in [0.5, 0.6) is 0 Å². The molecule has 0 bridgehead atoms. The SMILES string of the molecule is Cc1cc(N2CCOCC2)ccc1NC(=O)CSCC(=O)Nc1ccc(F)cc1. The lowest BCUT2D eigenvalue weighted by Crippen LogP contribution is -2.36. The third-order valence-electron chi connectivity index (χ3n) is 4.45. The van der Waals surface area contributed by atoms with E-state index >= 15 is 0 Å². The third-order valence-corrected chi connectivity index (χ3v) is 5.39. The van der Waals surface area contributed by atoms with Gasteiger partial charge in [0.05, 0.1) is 24.7 Å². The monoisotopic (exact) mass is 417 g/mol. The number of ether oxygens (including phenoxy) is 1. The number of amides is 2. The standard InChI is InChI=1S/C21H24FN3O3S/c1-15-12-18(25-8-10-28-11-9-25)6-7-19(15)24-21(27)14-29-13-20(26)23-17-4-2-16(22)3-5-17/h2-7,12H,8-11,13-14H2,1H3,(H,23,26)(H,24,27). The van der Waals surface area contributed by atoms with Crippen molar-refractivity contribution in [1.29, 1.82) is 0 Å². The van der Waals surface area contributed by atoms with Crippen molar-refractivity contribution in [3.05, 3.63) is 53.8 Å². The summed E-state index contributed by atoms with van der Waals surface area (Å²) in [7, 11) is 0. The first-order valence-corrected chi connectivity index (χ1v) is 10.5. The van der Waals surface area contributed by atoms with Gasteiger partial charge >= 0.3 is 0 Å². The quantitative estimate of drug-likeness (QED) is 0.724. The fourth-order valence-corrected chi connectivity index (χ4v) is 3.58. The molecule has 0 aromatic heterocycles. The van der Waals surface area contributed by atoms with Crippen LogP contribution in [-0.4, -0.2) is 49.6 Å². The Morgan fingerprint density at radius 2 is 1.69 bits per heavy atom. The molecule has 0 spiro atoms. The summed E-state index contributed by atoms with van der Waals surface area (Å²) in [6, 6.07) is 11.5. The Morgan fingerprint density at radius 3 is 2.34 bits per heavy atom. The molecule has 0 radical (unpaired) electrons. The second kappa shape index (κ2) is 10.3. The number of nitrogens with one attached hydrogen (secondary N) is 2. The molecule has 2 N–H and O–H groups in total. The van der Waals surface area contributed by atoms with E-state index in [1.54, 1.807) is 0 Å². The Hall–Kier alpha value is -2.58. The number of benzene rings is 2. The van der Waals surface area contributed by atoms with Crippen LogP contribution in [0.2, 0.25) is 0 Å². The van der Waals surface area contributed by atoms with Crippen LogP contribution in [0.3, 0.4) is 0 Å². The van der Waals surface area contributed by atoms with Gasteiger partial charge in [-0.05, 0) is 55.0 Å². The zero-order valence-electron chi connectivity index (χ0n) is 16.2. The average molecular weight is 418 g/mol. The van der Waals surface area contributed by atoms with Crippen LogP contribution < -0.4 is 15.5 Å². The minimum atomic E-state index is -0.359. The zero-order valence-corrected chi connectivity index (χ0v) is 17.1. The minimum Gasteiger partial charge on any atom is -0.378 e. The van der Waals surface area contributed by atoms with Crippen molar-refractivity contribution < 1.29 is 18.7 Å². The molecule has 6 nitrogen and oxygen atoms in total. The van der Waals surface area contributed by atoms with Crippen molar-refractivity contribution >= 4 is 40.6 Å². The molecular formula is C21H24FN3O3S. The maximum Gasteiger partial charge on any atom is 0.234 e. The summed E-state index contributed by atoms with van der Waals surface area (Å²) in [6.07, 6.45) is 0.